The fraction of sp³-hybridized carbons (Fsp3) is 0.167. The average molecular weight is 375 g/mol. The van der Waals surface area contributed by atoms with E-state index in [1.807, 2.05) is 0 Å². The summed E-state index contributed by atoms with van der Waals surface area (Å²) in [6.45, 7) is 1.64. The lowest BCUT2D eigenvalue weighted by Gasteiger charge is -2.12. The SMILES string of the molecule is COc1ccc(-c2[nH]c3ccc(S(=O)(=O)O)cc3c(=O)c2C)cc1OC. The van der Waals surface area contributed by atoms with Gasteiger partial charge in [-0.05, 0) is 43.3 Å². The van der Waals surface area contributed by atoms with Crippen LogP contribution in [0, 0.1) is 6.92 Å². The van der Waals surface area contributed by atoms with Gasteiger partial charge in [-0.15, -0.1) is 0 Å². The van der Waals surface area contributed by atoms with Gasteiger partial charge in [0.2, 0.25) is 0 Å². The molecule has 136 valence electrons. The molecule has 0 saturated carbocycles. The van der Waals surface area contributed by atoms with Crippen LogP contribution in [-0.4, -0.2) is 32.2 Å². The third kappa shape index (κ3) is 3.04. The quantitative estimate of drug-likeness (QED) is 0.679. The summed E-state index contributed by atoms with van der Waals surface area (Å²) in [5.74, 6) is 1.09. The Morgan fingerprint density at radius 3 is 2.31 bits per heavy atom. The summed E-state index contributed by atoms with van der Waals surface area (Å²) in [5.41, 5.74) is 1.85. The summed E-state index contributed by atoms with van der Waals surface area (Å²) in [6, 6.07) is 9.12. The van der Waals surface area contributed by atoms with E-state index in [-0.39, 0.29) is 15.7 Å². The number of aromatic amines is 1. The van der Waals surface area contributed by atoms with Crippen molar-refractivity contribution in [3.8, 4) is 22.8 Å². The first-order chi connectivity index (χ1) is 12.3. The minimum absolute atomic E-state index is 0.182. The highest BCUT2D eigenvalue weighted by atomic mass is 32.2. The molecule has 2 N–H and O–H groups in total. The Morgan fingerprint density at radius 1 is 1.00 bits per heavy atom. The first kappa shape index (κ1) is 18.0. The van der Waals surface area contributed by atoms with Crippen LogP contribution in [0.2, 0.25) is 0 Å². The van der Waals surface area contributed by atoms with Gasteiger partial charge in [0, 0.05) is 22.0 Å². The highest BCUT2D eigenvalue weighted by Gasteiger charge is 2.16. The monoisotopic (exact) mass is 375 g/mol. The Balaban J connectivity index is 2.26. The number of hydrogen-bond acceptors (Lipinski definition) is 5. The minimum Gasteiger partial charge on any atom is -0.493 e. The molecule has 3 aromatic rings. The standard InChI is InChI=1S/C18H17NO6S/c1-10-17(11-4-7-15(24-2)16(8-11)25-3)19-14-6-5-12(26(21,22)23)9-13(14)18(10)20/h4-9H,1-3H3,(H,19,20)(H,21,22,23). The van der Waals surface area contributed by atoms with Crippen molar-refractivity contribution in [3.63, 3.8) is 0 Å². The van der Waals surface area contributed by atoms with Gasteiger partial charge in [-0.25, -0.2) is 0 Å². The van der Waals surface area contributed by atoms with Crippen molar-refractivity contribution in [2.24, 2.45) is 0 Å². The van der Waals surface area contributed by atoms with E-state index in [0.717, 1.165) is 11.6 Å². The molecule has 2 aromatic carbocycles. The number of ether oxygens (including phenoxy) is 2. The molecule has 0 bridgehead atoms. The molecule has 8 heteroatoms. The topological polar surface area (TPSA) is 106 Å². The van der Waals surface area contributed by atoms with E-state index >= 15 is 0 Å². The molecule has 7 nitrogen and oxygen atoms in total. The highest BCUT2D eigenvalue weighted by Crippen LogP contribution is 2.32. The van der Waals surface area contributed by atoms with E-state index in [4.69, 9.17) is 9.47 Å². The van der Waals surface area contributed by atoms with Gasteiger partial charge in [0.25, 0.3) is 10.1 Å². The minimum atomic E-state index is -4.39. The lowest BCUT2D eigenvalue weighted by atomic mass is 10.0. The molecule has 1 aromatic heterocycles. The highest BCUT2D eigenvalue weighted by molar-refractivity contribution is 7.85. The molecule has 0 aliphatic carbocycles. The van der Waals surface area contributed by atoms with Crippen molar-refractivity contribution >= 4 is 21.0 Å². The molecule has 3 rings (SSSR count). The lowest BCUT2D eigenvalue weighted by molar-refractivity contribution is 0.355. The maximum absolute atomic E-state index is 12.7. The zero-order valence-corrected chi connectivity index (χ0v) is 15.2. The number of nitrogens with one attached hydrogen (secondary N) is 1. The largest absolute Gasteiger partial charge is 0.493 e. The molecular weight excluding hydrogens is 358 g/mol. The second-order valence-electron chi connectivity index (χ2n) is 5.71. The molecule has 0 radical (unpaired) electrons. The van der Waals surface area contributed by atoms with E-state index in [9.17, 15) is 17.8 Å². The fourth-order valence-electron chi connectivity index (χ4n) is 2.81. The number of methoxy groups -OCH3 is 2. The van der Waals surface area contributed by atoms with Crippen molar-refractivity contribution in [2.45, 2.75) is 11.8 Å². The summed E-state index contributed by atoms with van der Waals surface area (Å²) in [7, 11) is -1.33. The third-order valence-corrected chi connectivity index (χ3v) is 5.03. The normalized spacial score (nSPS) is 11.5. The Hall–Kier alpha value is -2.84. The van der Waals surface area contributed by atoms with Crippen LogP contribution >= 0.6 is 0 Å². The number of fused-ring (bicyclic) bond motifs is 1. The summed E-state index contributed by atoms with van der Waals surface area (Å²) < 4.78 is 42.3. The molecule has 0 saturated heterocycles. The zero-order valence-electron chi connectivity index (χ0n) is 14.4. The average Bonchev–Trinajstić information content (AvgIpc) is 2.63. The summed E-state index contributed by atoms with van der Waals surface area (Å²) >= 11 is 0. The smallest absolute Gasteiger partial charge is 0.294 e. The number of rotatable bonds is 4. The molecule has 26 heavy (non-hydrogen) atoms. The van der Waals surface area contributed by atoms with Crippen LogP contribution in [0.25, 0.3) is 22.2 Å². The van der Waals surface area contributed by atoms with Crippen LogP contribution in [0.3, 0.4) is 0 Å². The van der Waals surface area contributed by atoms with Crippen LogP contribution in [0.5, 0.6) is 11.5 Å². The van der Waals surface area contributed by atoms with Gasteiger partial charge in [-0.1, -0.05) is 0 Å². The Morgan fingerprint density at radius 2 is 1.69 bits per heavy atom. The predicted molar refractivity (Wildman–Crippen MR) is 97.7 cm³/mol. The number of aromatic nitrogens is 1. The molecule has 0 atom stereocenters. The van der Waals surface area contributed by atoms with E-state index in [2.05, 4.69) is 4.98 Å². The second-order valence-corrected chi connectivity index (χ2v) is 7.13. The molecular formula is C18H17NO6S. The van der Waals surface area contributed by atoms with Crippen LogP contribution in [-0.2, 0) is 10.1 Å². The van der Waals surface area contributed by atoms with Crippen LogP contribution in [0.15, 0.2) is 46.1 Å². The molecule has 0 unspecified atom stereocenters. The van der Waals surface area contributed by atoms with Crippen LogP contribution in [0.1, 0.15) is 5.56 Å². The zero-order chi connectivity index (χ0) is 19.1. The number of H-pyrrole nitrogens is 1. The van der Waals surface area contributed by atoms with Crippen LogP contribution < -0.4 is 14.9 Å². The van der Waals surface area contributed by atoms with Crippen molar-refractivity contribution in [1.82, 2.24) is 4.98 Å². The molecule has 0 spiro atoms. The first-order valence-corrected chi connectivity index (χ1v) is 9.07. The van der Waals surface area contributed by atoms with Gasteiger partial charge in [0.15, 0.2) is 16.9 Å². The molecule has 0 aliphatic rings. The number of hydrogen-bond donors (Lipinski definition) is 2. The van der Waals surface area contributed by atoms with E-state index in [0.29, 0.717) is 28.3 Å². The van der Waals surface area contributed by atoms with E-state index in [1.54, 1.807) is 25.1 Å². The van der Waals surface area contributed by atoms with Gasteiger partial charge < -0.3 is 14.5 Å². The van der Waals surface area contributed by atoms with Crippen LogP contribution in [0.4, 0.5) is 0 Å². The Kier molecular flexibility index (Phi) is 4.47. The summed E-state index contributed by atoms with van der Waals surface area (Å²) in [4.78, 5) is 15.5. The molecule has 0 fully saturated rings. The van der Waals surface area contributed by atoms with Gasteiger partial charge in [-0.2, -0.15) is 8.42 Å². The van der Waals surface area contributed by atoms with E-state index < -0.39 is 10.1 Å². The molecule has 0 aliphatic heterocycles. The third-order valence-electron chi connectivity index (χ3n) is 4.18. The van der Waals surface area contributed by atoms with Gasteiger partial charge >= 0.3 is 0 Å². The Labute approximate surface area is 150 Å². The predicted octanol–water partition coefficient (Wildman–Crippen LogP) is 2.77. The van der Waals surface area contributed by atoms with Gasteiger partial charge in [0.05, 0.1) is 24.8 Å². The Bertz CT molecular complexity index is 1160. The summed E-state index contributed by atoms with van der Waals surface area (Å²) in [6.07, 6.45) is 0. The lowest BCUT2D eigenvalue weighted by Crippen LogP contribution is -2.10. The van der Waals surface area contributed by atoms with Crippen molar-refractivity contribution in [1.29, 1.82) is 0 Å². The maximum atomic E-state index is 12.7. The number of pyridine rings is 1. The van der Waals surface area contributed by atoms with Crippen molar-refractivity contribution < 1.29 is 22.4 Å². The number of benzene rings is 2. The van der Waals surface area contributed by atoms with E-state index in [1.165, 1.54) is 26.4 Å². The van der Waals surface area contributed by atoms with Gasteiger partial charge in [-0.3, -0.25) is 9.35 Å². The van der Waals surface area contributed by atoms with Crippen molar-refractivity contribution in [3.05, 3.63) is 52.2 Å². The summed E-state index contributed by atoms with van der Waals surface area (Å²) in [5, 5.41) is 0.182. The maximum Gasteiger partial charge on any atom is 0.294 e. The second kappa shape index (κ2) is 6.47. The van der Waals surface area contributed by atoms with Crippen molar-refractivity contribution in [2.75, 3.05) is 14.2 Å². The first-order valence-electron chi connectivity index (χ1n) is 7.62. The molecule has 1 heterocycles. The van der Waals surface area contributed by atoms with Gasteiger partial charge in [0.1, 0.15) is 0 Å². The fourth-order valence-corrected chi connectivity index (χ4v) is 3.31. The molecule has 0 amide bonds.